The van der Waals surface area contributed by atoms with Crippen LogP contribution in [0.3, 0.4) is 0 Å². The highest BCUT2D eigenvalue weighted by Gasteiger charge is 2.32. The summed E-state index contributed by atoms with van der Waals surface area (Å²) in [6.45, 7) is 6.70. The fourth-order valence-corrected chi connectivity index (χ4v) is 2.69. The molecule has 0 aliphatic heterocycles. The first kappa shape index (κ1) is 9.82. The van der Waals surface area contributed by atoms with Crippen molar-refractivity contribution in [3.63, 3.8) is 0 Å². The molecular weight excluding hydrogens is 172 g/mol. The average Bonchev–Trinajstić information content (AvgIpc) is 2.07. The molecule has 1 N–H and O–H groups in total. The largest absolute Gasteiger partial charge is 0.512 e. The van der Waals surface area contributed by atoms with E-state index in [0.717, 1.165) is 12.0 Å². The van der Waals surface area contributed by atoms with Gasteiger partial charge in [-0.05, 0) is 43.1 Å². The predicted octanol–water partition coefficient (Wildman–Crippen LogP) is 3.97. The normalized spacial score (nSPS) is 31.1. The van der Waals surface area contributed by atoms with Crippen molar-refractivity contribution in [1.82, 2.24) is 0 Å². The Balaban J connectivity index is 2.24. The van der Waals surface area contributed by atoms with Gasteiger partial charge < -0.3 is 5.11 Å². The molecule has 0 aromatic rings. The number of rotatable bonds is 0. The lowest BCUT2D eigenvalue weighted by Gasteiger charge is -2.38. The molecule has 1 fully saturated rings. The maximum atomic E-state index is 9.68. The summed E-state index contributed by atoms with van der Waals surface area (Å²) in [4.78, 5) is 0. The molecule has 0 aromatic carbocycles. The number of allylic oxidation sites excluding steroid dienone is 4. The fraction of sp³-hybridized carbons (Fsp3) is 0.692. The van der Waals surface area contributed by atoms with Crippen LogP contribution in [0.2, 0.25) is 0 Å². The molecule has 2 aliphatic rings. The van der Waals surface area contributed by atoms with Crippen LogP contribution in [0.4, 0.5) is 0 Å². The Morgan fingerprint density at radius 2 is 2.14 bits per heavy atom. The van der Waals surface area contributed by atoms with Gasteiger partial charge in [0.1, 0.15) is 0 Å². The molecular formula is C13H20O. The van der Waals surface area contributed by atoms with E-state index in [1.807, 2.05) is 6.92 Å². The number of fused-ring (bicyclic) bond motifs is 1. The summed E-state index contributed by atoms with van der Waals surface area (Å²) in [6.07, 6.45) is 6.85. The van der Waals surface area contributed by atoms with E-state index < -0.39 is 0 Å². The van der Waals surface area contributed by atoms with Gasteiger partial charge >= 0.3 is 0 Å². The number of aliphatic hydroxyl groups excluding tert-OH is 1. The lowest BCUT2D eigenvalue weighted by atomic mass is 9.67. The number of hydrogen-bond donors (Lipinski definition) is 1. The molecule has 2 rings (SSSR count). The van der Waals surface area contributed by atoms with Crippen LogP contribution in [0, 0.1) is 11.3 Å². The highest BCUT2D eigenvalue weighted by atomic mass is 16.3. The number of hydrogen-bond acceptors (Lipinski definition) is 1. The van der Waals surface area contributed by atoms with Crippen LogP contribution in [0.5, 0.6) is 0 Å². The summed E-state index contributed by atoms with van der Waals surface area (Å²) in [6, 6.07) is 0. The van der Waals surface area contributed by atoms with Crippen LogP contribution in [-0.4, -0.2) is 5.11 Å². The highest BCUT2D eigenvalue weighted by molar-refractivity contribution is 5.32. The van der Waals surface area contributed by atoms with E-state index in [1.165, 1.54) is 19.3 Å². The third-order valence-corrected chi connectivity index (χ3v) is 3.67. The molecule has 1 unspecified atom stereocenters. The van der Waals surface area contributed by atoms with Crippen molar-refractivity contribution in [2.45, 2.75) is 46.5 Å². The van der Waals surface area contributed by atoms with Gasteiger partial charge in [0, 0.05) is 6.42 Å². The molecule has 1 heteroatoms. The third-order valence-electron chi connectivity index (χ3n) is 3.67. The van der Waals surface area contributed by atoms with Crippen molar-refractivity contribution in [2.75, 3.05) is 0 Å². The second kappa shape index (κ2) is 3.15. The topological polar surface area (TPSA) is 20.2 Å². The summed E-state index contributed by atoms with van der Waals surface area (Å²) in [5, 5.41) is 9.68. The Morgan fingerprint density at radius 1 is 1.43 bits per heavy atom. The maximum absolute atomic E-state index is 9.68. The summed E-state index contributed by atoms with van der Waals surface area (Å²) in [5.41, 5.74) is 3.11. The Labute approximate surface area is 86.5 Å². The van der Waals surface area contributed by atoms with Crippen molar-refractivity contribution >= 4 is 0 Å². The molecule has 0 aromatic heterocycles. The van der Waals surface area contributed by atoms with Crippen molar-refractivity contribution in [3.05, 3.63) is 23.0 Å². The van der Waals surface area contributed by atoms with Crippen LogP contribution >= 0.6 is 0 Å². The van der Waals surface area contributed by atoms with E-state index in [-0.39, 0.29) is 0 Å². The lowest BCUT2D eigenvalue weighted by molar-refractivity contribution is 0.230. The quantitative estimate of drug-likeness (QED) is 0.615. The first-order valence-corrected chi connectivity index (χ1v) is 5.57. The molecule has 1 saturated carbocycles. The van der Waals surface area contributed by atoms with Crippen LogP contribution in [0.15, 0.2) is 23.0 Å². The second-order valence-electron chi connectivity index (χ2n) is 5.63. The molecule has 0 radical (unpaired) electrons. The van der Waals surface area contributed by atoms with Gasteiger partial charge in [0.25, 0.3) is 0 Å². The standard InChI is InChI=1S/C13H20O/c1-9-6-11-8-13(2,3)5-4-10(11)7-12(9)14/h6,10,14H,4-5,7-8H2,1-3H3. The minimum absolute atomic E-state index is 0.468. The Morgan fingerprint density at radius 3 is 2.86 bits per heavy atom. The van der Waals surface area contributed by atoms with Gasteiger partial charge in [-0.3, -0.25) is 0 Å². The first-order chi connectivity index (χ1) is 6.48. The van der Waals surface area contributed by atoms with Crippen molar-refractivity contribution in [3.8, 4) is 0 Å². The SMILES string of the molecule is CC1=C(O)CC2CCC(C)(C)CC2=C1. The van der Waals surface area contributed by atoms with Crippen LogP contribution in [0.25, 0.3) is 0 Å². The van der Waals surface area contributed by atoms with Gasteiger partial charge in [-0.25, -0.2) is 0 Å². The van der Waals surface area contributed by atoms with Crippen LogP contribution < -0.4 is 0 Å². The zero-order valence-corrected chi connectivity index (χ0v) is 9.43. The van der Waals surface area contributed by atoms with Crippen LogP contribution in [-0.2, 0) is 0 Å². The molecule has 2 aliphatic carbocycles. The molecule has 0 saturated heterocycles. The van der Waals surface area contributed by atoms with E-state index in [4.69, 9.17) is 0 Å². The van der Waals surface area contributed by atoms with Gasteiger partial charge in [0.05, 0.1) is 5.76 Å². The Bertz CT molecular complexity index is 307. The van der Waals surface area contributed by atoms with Gasteiger partial charge in [-0.15, -0.1) is 0 Å². The van der Waals surface area contributed by atoms with Gasteiger partial charge in [0.2, 0.25) is 0 Å². The van der Waals surface area contributed by atoms with Crippen molar-refractivity contribution in [1.29, 1.82) is 0 Å². The zero-order valence-electron chi connectivity index (χ0n) is 9.43. The molecule has 78 valence electrons. The molecule has 0 spiro atoms. The lowest BCUT2D eigenvalue weighted by Crippen LogP contribution is -2.25. The van der Waals surface area contributed by atoms with E-state index in [1.54, 1.807) is 5.57 Å². The van der Waals surface area contributed by atoms with E-state index in [0.29, 0.717) is 17.1 Å². The van der Waals surface area contributed by atoms with E-state index >= 15 is 0 Å². The minimum Gasteiger partial charge on any atom is -0.512 e. The van der Waals surface area contributed by atoms with Gasteiger partial charge in [0.15, 0.2) is 0 Å². The van der Waals surface area contributed by atoms with Crippen LogP contribution in [0.1, 0.15) is 46.5 Å². The van der Waals surface area contributed by atoms with Crippen molar-refractivity contribution < 1.29 is 5.11 Å². The summed E-state index contributed by atoms with van der Waals surface area (Å²) in [5.74, 6) is 1.24. The average molecular weight is 192 g/mol. The van der Waals surface area contributed by atoms with Gasteiger partial charge in [-0.2, -0.15) is 0 Å². The molecule has 1 atom stereocenters. The highest BCUT2D eigenvalue weighted by Crippen LogP contribution is 2.45. The molecule has 14 heavy (non-hydrogen) atoms. The summed E-state index contributed by atoms with van der Waals surface area (Å²) < 4.78 is 0. The zero-order chi connectivity index (χ0) is 10.3. The molecule has 0 amide bonds. The second-order valence-corrected chi connectivity index (χ2v) is 5.63. The minimum atomic E-state index is 0.468. The monoisotopic (exact) mass is 192 g/mol. The molecule has 1 nitrogen and oxygen atoms in total. The number of aliphatic hydroxyl groups is 1. The first-order valence-electron chi connectivity index (χ1n) is 5.57. The Hall–Kier alpha value is -0.720. The third kappa shape index (κ3) is 1.73. The predicted molar refractivity (Wildman–Crippen MR) is 59.2 cm³/mol. The Kier molecular flexibility index (Phi) is 2.21. The van der Waals surface area contributed by atoms with E-state index in [2.05, 4.69) is 19.9 Å². The fourth-order valence-electron chi connectivity index (χ4n) is 2.69. The smallest absolute Gasteiger partial charge is 0.0957 e. The molecule has 0 bridgehead atoms. The maximum Gasteiger partial charge on any atom is 0.0957 e. The van der Waals surface area contributed by atoms with E-state index in [9.17, 15) is 5.11 Å². The van der Waals surface area contributed by atoms with Crippen molar-refractivity contribution in [2.24, 2.45) is 11.3 Å². The summed E-state index contributed by atoms with van der Waals surface area (Å²) in [7, 11) is 0. The summed E-state index contributed by atoms with van der Waals surface area (Å²) >= 11 is 0. The molecule has 0 heterocycles. The van der Waals surface area contributed by atoms with Gasteiger partial charge in [-0.1, -0.05) is 25.5 Å².